The number of nitrogens with one attached hydrogen (secondary N) is 1. The number of carbonyl (C=O) groups excluding carboxylic acids is 3. The minimum absolute atomic E-state index is 0.00411. The first kappa shape index (κ1) is 24.6. The molecule has 0 radical (unpaired) electrons. The smallest absolute Gasteiger partial charge is 0.414 e. The van der Waals surface area contributed by atoms with E-state index in [1.165, 1.54) is 12.3 Å². The lowest BCUT2D eigenvalue weighted by molar-refractivity contribution is -0.120. The van der Waals surface area contributed by atoms with Crippen LogP contribution in [0.5, 0.6) is 5.75 Å². The highest BCUT2D eigenvalue weighted by molar-refractivity contribution is 6.33. The van der Waals surface area contributed by atoms with E-state index in [2.05, 4.69) is 10.3 Å². The number of nitrogens with zero attached hydrogens (tertiary/aromatic N) is 3. The zero-order valence-corrected chi connectivity index (χ0v) is 20.3. The minimum atomic E-state index is -0.851. The molecule has 0 unspecified atom stereocenters. The number of fused-ring (bicyclic) bond motifs is 1. The molecule has 1 aromatic carbocycles. The Bertz CT molecular complexity index is 1120. The number of piperidine rings is 1. The van der Waals surface area contributed by atoms with Crippen LogP contribution in [0.4, 0.5) is 21.1 Å². The lowest BCUT2D eigenvalue weighted by atomic mass is 10.0. The van der Waals surface area contributed by atoms with E-state index < -0.39 is 18.0 Å². The van der Waals surface area contributed by atoms with Gasteiger partial charge in [0.2, 0.25) is 5.91 Å². The zero-order valence-electron chi connectivity index (χ0n) is 19.6. The first-order valence-electron chi connectivity index (χ1n) is 11.5. The monoisotopic (exact) mass is 501 g/mol. The summed E-state index contributed by atoms with van der Waals surface area (Å²) in [6.07, 6.45) is 1.69. The molecule has 3 amide bonds. The third-order valence-electron chi connectivity index (χ3n) is 6.18. The Kier molecular flexibility index (Phi) is 7.30. The third kappa shape index (κ3) is 5.43. The molecule has 0 saturated carbocycles. The van der Waals surface area contributed by atoms with Gasteiger partial charge in [-0.3, -0.25) is 9.69 Å². The van der Waals surface area contributed by atoms with Crippen LogP contribution in [-0.2, 0) is 16.1 Å². The van der Waals surface area contributed by atoms with Gasteiger partial charge in [-0.2, -0.15) is 0 Å². The van der Waals surface area contributed by atoms with Crippen molar-refractivity contribution in [1.29, 1.82) is 0 Å². The molecule has 3 heterocycles. The van der Waals surface area contributed by atoms with Gasteiger partial charge in [0.15, 0.2) is 5.75 Å². The van der Waals surface area contributed by atoms with Crippen molar-refractivity contribution in [2.24, 2.45) is 11.7 Å². The number of para-hydroxylation sites is 1. The largest absolute Gasteiger partial charge is 0.444 e. The highest BCUT2D eigenvalue weighted by Gasteiger charge is 2.34. The molecular weight excluding hydrogens is 474 g/mol. The van der Waals surface area contributed by atoms with E-state index in [0.29, 0.717) is 36.8 Å². The number of ether oxygens (including phenoxy) is 2. The molecule has 3 N–H and O–H groups in total. The summed E-state index contributed by atoms with van der Waals surface area (Å²) in [5.41, 5.74) is 7.21. The van der Waals surface area contributed by atoms with Crippen LogP contribution in [-0.4, -0.2) is 48.3 Å². The van der Waals surface area contributed by atoms with E-state index in [1.54, 1.807) is 18.7 Å². The van der Waals surface area contributed by atoms with E-state index in [4.69, 9.17) is 26.8 Å². The van der Waals surface area contributed by atoms with Crippen LogP contribution < -0.4 is 25.6 Å². The van der Waals surface area contributed by atoms with Gasteiger partial charge in [-0.05, 0) is 24.8 Å². The Balaban J connectivity index is 1.38. The van der Waals surface area contributed by atoms with Gasteiger partial charge >= 0.3 is 12.2 Å². The summed E-state index contributed by atoms with van der Waals surface area (Å²) in [6.45, 7) is 5.09. The second kappa shape index (κ2) is 10.4. The predicted molar refractivity (Wildman–Crippen MR) is 131 cm³/mol. The third-order valence-corrected chi connectivity index (χ3v) is 6.46. The van der Waals surface area contributed by atoms with Crippen molar-refractivity contribution in [3.63, 3.8) is 0 Å². The zero-order chi connectivity index (χ0) is 25.1. The minimum Gasteiger partial charge on any atom is -0.444 e. The lowest BCUT2D eigenvalue weighted by Gasteiger charge is -2.40. The molecule has 1 aromatic heterocycles. The number of anilines is 2. The maximum atomic E-state index is 12.5. The normalized spacial score (nSPS) is 17.0. The highest BCUT2D eigenvalue weighted by Crippen LogP contribution is 2.34. The van der Waals surface area contributed by atoms with Gasteiger partial charge in [-0.1, -0.05) is 43.6 Å². The van der Waals surface area contributed by atoms with Crippen molar-refractivity contribution in [3.05, 3.63) is 47.1 Å². The molecule has 10 nitrogen and oxygen atoms in total. The van der Waals surface area contributed by atoms with Crippen LogP contribution in [0.2, 0.25) is 5.02 Å². The van der Waals surface area contributed by atoms with Gasteiger partial charge in [0.1, 0.15) is 18.5 Å². The number of hydrogen-bond donors (Lipinski definition) is 2. The van der Waals surface area contributed by atoms with Crippen molar-refractivity contribution in [2.45, 2.75) is 45.4 Å². The molecule has 2 aromatic rings. The molecule has 0 spiro atoms. The number of primary amides is 1. The number of halogens is 1. The van der Waals surface area contributed by atoms with Gasteiger partial charge < -0.3 is 25.4 Å². The summed E-state index contributed by atoms with van der Waals surface area (Å²) in [5.74, 6) is -0.122. The SMILES string of the molecule is CC(C)[C@H](NC(=O)Oc1cnc(N2CCC(N3C(=O)OCc4ccccc43)CC2)c(Cl)c1)C(N)=O. The van der Waals surface area contributed by atoms with Crippen LogP contribution in [0.1, 0.15) is 32.3 Å². The summed E-state index contributed by atoms with van der Waals surface area (Å²) in [4.78, 5) is 44.3. The number of aromatic nitrogens is 1. The second-order valence-corrected chi connectivity index (χ2v) is 9.31. The summed E-state index contributed by atoms with van der Waals surface area (Å²) in [5, 5.41) is 2.77. The van der Waals surface area contributed by atoms with Crippen LogP contribution in [0.25, 0.3) is 0 Å². The molecule has 186 valence electrons. The number of carbonyl (C=O) groups is 3. The van der Waals surface area contributed by atoms with Crippen molar-refractivity contribution >= 4 is 41.2 Å². The summed E-state index contributed by atoms with van der Waals surface area (Å²) in [6, 6.07) is 8.42. The van der Waals surface area contributed by atoms with E-state index in [-0.39, 0.29) is 30.4 Å². The van der Waals surface area contributed by atoms with Crippen molar-refractivity contribution in [1.82, 2.24) is 10.3 Å². The van der Waals surface area contributed by atoms with Gasteiger partial charge in [0, 0.05) is 30.8 Å². The summed E-state index contributed by atoms with van der Waals surface area (Å²) in [7, 11) is 0. The van der Waals surface area contributed by atoms with Crippen LogP contribution in [0.3, 0.4) is 0 Å². The van der Waals surface area contributed by atoms with Crippen molar-refractivity contribution in [3.8, 4) is 5.75 Å². The maximum Gasteiger partial charge on any atom is 0.414 e. The number of nitrogens with two attached hydrogens (primary N) is 1. The Morgan fingerprint density at radius 2 is 1.97 bits per heavy atom. The standard InChI is InChI=1S/C24H28ClN5O5/c1-14(2)20(21(26)31)28-23(32)35-17-11-18(25)22(27-12-17)29-9-7-16(8-10-29)30-19-6-4-3-5-15(19)13-34-24(30)33/h3-6,11-12,14,16,20H,7-10,13H2,1-2H3,(H2,26,31)(H,28,32)/t20-/m0/s1. The number of rotatable bonds is 6. The van der Waals surface area contributed by atoms with Crippen molar-refractivity contribution in [2.75, 3.05) is 22.9 Å². The Morgan fingerprint density at radius 3 is 2.63 bits per heavy atom. The highest BCUT2D eigenvalue weighted by atomic mass is 35.5. The fourth-order valence-corrected chi connectivity index (χ4v) is 4.66. The van der Waals surface area contributed by atoms with E-state index in [9.17, 15) is 14.4 Å². The summed E-state index contributed by atoms with van der Waals surface area (Å²) >= 11 is 6.45. The summed E-state index contributed by atoms with van der Waals surface area (Å²) < 4.78 is 10.6. The molecule has 2 aliphatic rings. The Hall–Kier alpha value is -3.53. The number of pyridine rings is 1. The van der Waals surface area contributed by atoms with Crippen LogP contribution >= 0.6 is 11.6 Å². The first-order valence-corrected chi connectivity index (χ1v) is 11.8. The van der Waals surface area contributed by atoms with Gasteiger partial charge in [-0.25, -0.2) is 14.6 Å². The average Bonchev–Trinajstić information content (AvgIpc) is 2.82. The number of amides is 3. The predicted octanol–water partition coefficient (Wildman–Crippen LogP) is 3.46. The molecule has 1 saturated heterocycles. The Morgan fingerprint density at radius 1 is 1.26 bits per heavy atom. The lowest BCUT2D eigenvalue weighted by Crippen LogP contribution is -2.49. The molecule has 2 aliphatic heterocycles. The Labute approximate surface area is 208 Å². The van der Waals surface area contributed by atoms with E-state index >= 15 is 0 Å². The van der Waals surface area contributed by atoms with E-state index in [1.807, 2.05) is 29.2 Å². The fraction of sp³-hybridized carbons (Fsp3) is 0.417. The maximum absolute atomic E-state index is 12.5. The van der Waals surface area contributed by atoms with Crippen molar-refractivity contribution < 1.29 is 23.9 Å². The van der Waals surface area contributed by atoms with Crippen LogP contribution in [0, 0.1) is 5.92 Å². The molecule has 4 rings (SSSR count). The van der Waals surface area contributed by atoms with E-state index in [0.717, 1.165) is 11.3 Å². The second-order valence-electron chi connectivity index (χ2n) is 8.91. The topological polar surface area (TPSA) is 127 Å². The number of benzene rings is 1. The molecule has 1 fully saturated rings. The molecule has 0 bridgehead atoms. The average molecular weight is 502 g/mol. The van der Waals surface area contributed by atoms with Gasteiger partial charge in [0.25, 0.3) is 0 Å². The quantitative estimate of drug-likeness (QED) is 0.620. The molecule has 35 heavy (non-hydrogen) atoms. The molecule has 1 atom stereocenters. The fourth-order valence-electron chi connectivity index (χ4n) is 4.39. The molecule has 0 aliphatic carbocycles. The van der Waals surface area contributed by atoms with Crippen LogP contribution in [0.15, 0.2) is 36.5 Å². The number of cyclic esters (lactones) is 1. The number of hydrogen-bond acceptors (Lipinski definition) is 7. The molecular formula is C24H28ClN5O5. The first-order chi connectivity index (χ1) is 16.7. The van der Waals surface area contributed by atoms with Gasteiger partial charge in [0.05, 0.1) is 16.9 Å². The van der Waals surface area contributed by atoms with Gasteiger partial charge in [-0.15, -0.1) is 0 Å². The molecule has 11 heteroatoms.